The van der Waals surface area contributed by atoms with Gasteiger partial charge in [0.15, 0.2) is 0 Å². The standard InChI is InChI=1S/C21H32ClNOSi/c1-23(2)16-19-15-18(14-17-6-8-20(22)9-7-17)10-11-21(19,24)12-13-25(3,4)5/h6-9,18-19,24H,10-11,14-16H2,1-5H3. The zero-order valence-electron chi connectivity index (χ0n) is 16.3. The van der Waals surface area contributed by atoms with Gasteiger partial charge < -0.3 is 10.0 Å². The number of halogens is 1. The number of nitrogens with zero attached hydrogens (tertiary/aromatic N) is 1. The van der Waals surface area contributed by atoms with Crippen LogP contribution in [0.5, 0.6) is 0 Å². The lowest BCUT2D eigenvalue weighted by Crippen LogP contribution is -2.47. The highest BCUT2D eigenvalue weighted by molar-refractivity contribution is 6.83. The first-order valence-corrected chi connectivity index (χ1v) is 13.1. The second-order valence-electron chi connectivity index (χ2n) is 8.85. The molecule has 2 nitrogen and oxygen atoms in total. The Kier molecular flexibility index (Phi) is 6.78. The number of benzene rings is 1. The van der Waals surface area contributed by atoms with E-state index < -0.39 is 13.7 Å². The van der Waals surface area contributed by atoms with Crippen LogP contribution < -0.4 is 0 Å². The summed E-state index contributed by atoms with van der Waals surface area (Å²) in [6, 6.07) is 8.17. The normalized spacial score (nSPS) is 27.0. The molecule has 1 aliphatic carbocycles. The van der Waals surface area contributed by atoms with Gasteiger partial charge in [0.25, 0.3) is 0 Å². The van der Waals surface area contributed by atoms with E-state index in [0.717, 1.165) is 37.3 Å². The van der Waals surface area contributed by atoms with E-state index in [2.05, 4.69) is 62.2 Å². The van der Waals surface area contributed by atoms with Gasteiger partial charge >= 0.3 is 0 Å². The van der Waals surface area contributed by atoms with Crippen molar-refractivity contribution in [3.05, 3.63) is 34.9 Å². The lowest BCUT2D eigenvalue weighted by Gasteiger charge is -2.41. The SMILES string of the molecule is CN(C)CC1CC(Cc2ccc(Cl)cc2)CCC1(O)C#C[Si](C)(C)C. The van der Waals surface area contributed by atoms with Crippen LogP contribution in [-0.2, 0) is 6.42 Å². The Morgan fingerprint density at radius 1 is 1.24 bits per heavy atom. The van der Waals surface area contributed by atoms with E-state index in [0.29, 0.717) is 5.92 Å². The molecule has 25 heavy (non-hydrogen) atoms. The van der Waals surface area contributed by atoms with E-state index in [1.807, 2.05) is 12.1 Å². The van der Waals surface area contributed by atoms with Crippen LogP contribution in [0, 0.1) is 23.3 Å². The Hall–Kier alpha value is -0.793. The third kappa shape index (κ3) is 6.46. The van der Waals surface area contributed by atoms with Crippen LogP contribution in [0.2, 0.25) is 24.7 Å². The Balaban J connectivity index is 2.13. The van der Waals surface area contributed by atoms with Crippen molar-refractivity contribution < 1.29 is 5.11 Å². The second-order valence-corrected chi connectivity index (χ2v) is 14.0. The highest BCUT2D eigenvalue weighted by Crippen LogP contribution is 2.39. The molecule has 0 spiro atoms. The number of hydrogen-bond acceptors (Lipinski definition) is 2. The molecule has 0 bridgehead atoms. The predicted octanol–water partition coefficient (Wildman–Crippen LogP) is 4.47. The van der Waals surface area contributed by atoms with E-state index >= 15 is 0 Å². The maximum atomic E-state index is 11.3. The van der Waals surface area contributed by atoms with Gasteiger partial charge in [-0.25, -0.2) is 0 Å². The molecule has 3 unspecified atom stereocenters. The van der Waals surface area contributed by atoms with Crippen molar-refractivity contribution in [2.24, 2.45) is 11.8 Å². The molecule has 1 fully saturated rings. The minimum atomic E-state index is -1.49. The van der Waals surface area contributed by atoms with E-state index in [1.54, 1.807) is 0 Å². The fraction of sp³-hybridized carbons (Fsp3) is 0.619. The van der Waals surface area contributed by atoms with Crippen molar-refractivity contribution in [1.29, 1.82) is 0 Å². The van der Waals surface area contributed by atoms with Gasteiger partial charge in [0, 0.05) is 17.5 Å². The molecule has 3 atom stereocenters. The first-order chi connectivity index (χ1) is 11.6. The molecule has 4 heteroatoms. The monoisotopic (exact) mass is 377 g/mol. The van der Waals surface area contributed by atoms with Crippen molar-refractivity contribution in [2.45, 2.75) is 50.9 Å². The summed E-state index contributed by atoms with van der Waals surface area (Å²) in [5.74, 6) is 4.11. The number of hydrogen-bond donors (Lipinski definition) is 1. The van der Waals surface area contributed by atoms with Crippen molar-refractivity contribution in [1.82, 2.24) is 4.90 Å². The Labute approximate surface area is 159 Å². The third-order valence-electron chi connectivity index (χ3n) is 4.90. The summed E-state index contributed by atoms with van der Waals surface area (Å²) in [6.45, 7) is 7.58. The maximum absolute atomic E-state index is 11.3. The first-order valence-electron chi connectivity index (χ1n) is 9.23. The Morgan fingerprint density at radius 3 is 2.44 bits per heavy atom. The number of aliphatic hydroxyl groups is 1. The Morgan fingerprint density at radius 2 is 1.88 bits per heavy atom. The largest absolute Gasteiger partial charge is 0.377 e. The van der Waals surface area contributed by atoms with Crippen LogP contribution in [0.25, 0.3) is 0 Å². The third-order valence-corrected chi connectivity index (χ3v) is 6.03. The average molecular weight is 378 g/mol. The van der Waals surface area contributed by atoms with E-state index in [4.69, 9.17) is 11.6 Å². The summed E-state index contributed by atoms with van der Waals surface area (Å²) < 4.78 is 0. The lowest BCUT2D eigenvalue weighted by molar-refractivity contribution is -0.0221. The molecule has 138 valence electrons. The second kappa shape index (κ2) is 8.27. The molecule has 1 aliphatic rings. The van der Waals surface area contributed by atoms with Gasteiger partial charge in [0.1, 0.15) is 13.7 Å². The van der Waals surface area contributed by atoms with Gasteiger partial charge in [-0.15, -0.1) is 5.54 Å². The van der Waals surface area contributed by atoms with Crippen LogP contribution in [0.4, 0.5) is 0 Å². The van der Waals surface area contributed by atoms with E-state index in [-0.39, 0.29) is 5.92 Å². The van der Waals surface area contributed by atoms with Crippen LogP contribution in [-0.4, -0.2) is 44.3 Å². The van der Waals surface area contributed by atoms with Gasteiger partial charge in [-0.3, -0.25) is 0 Å². The van der Waals surface area contributed by atoms with Crippen molar-refractivity contribution >= 4 is 19.7 Å². The zero-order valence-corrected chi connectivity index (χ0v) is 18.0. The predicted molar refractivity (Wildman–Crippen MR) is 111 cm³/mol. The fourth-order valence-corrected chi connectivity index (χ4v) is 4.33. The summed E-state index contributed by atoms with van der Waals surface area (Å²) >= 11 is 5.99. The first kappa shape index (κ1) is 20.5. The molecular weight excluding hydrogens is 346 g/mol. The smallest absolute Gasteiger partial charge is 0.129 e. The van der Waals surface area contributed by atoms with E-state index in [9.17, 15) is 5.11 Å². The lowest BCUT2D eigenvalue weighted by atomic mass is 9.69. The minimum Gasteiger partial charge on any atom is -0.377 e. The van der Waals surface area contributed by atoms with Crippen LogP contribution in [0.1, 0.15) is 24.8 Å². The molecule has 0 saturated heterocycles. The van der Waals surface area contributed by atoms with Crippen molar-refractivity contribution in [3.8, 4) is 11.5 Å². The molecule has 0 amide bonds. The highest BCUT2D eigenvalue weighted by Gasteiger charge is 2.41. The minimum absolute atomic E-state index is 0.206. The van der Waals surface area contributed by atoms with Gasteiger partial charge in [-0.05, 0) is 63.4 Å². The van der Waals surface area contributed by atoms with Crippen LogP contribution >= 0.6 is 11.6 Å². The topological polar surface area (TPSA) is 23.5 Å². The van der Waals surface area contributed by atoms with Gasteiger partial charge in [-0.2, -0.15) is 0 Å². The summed E-state index contributed by atoms with van der Waals surface area (Å²) in [6.07, 6.45) is 3.89. The number of rotatable bonds is 4. The highest BCUT2D eigenvalue weighted by atomic mass is 35.5. The summed E-state index contributed by atoms with van der Waals surface area (Å²) in [4.78, 5) is 2.18. The van der Waals surface area contributed by atoms with E-state index in [1.165, 1.54) is 5.56 Å². The molecule has 0 aromatic heterocycles. The van der Waals surface area contributed by atoms with Gasteiger partial charge in [-0.1, -0.05) is 49.3 Å². The zero-order chi connectivity index (χ0) is 18.7. The van der Waals surface area contributed by atoms with Gasteiger partial charge in [0.2, 0.25) is 0 Å². The van der Waals surface area contributed by atoms with Crippen molar-refractivity contribution in [3.63, 3.8) is 0 Å². The molecule has 2 rings (SSSR count). The molecule has 1 aromatic carbocycles. The summed E-state index contributed by atoms with van der Waals surface area (Å²) in [5, 5.41) is 12.1. The molecule has 1 aromatic rings. The molecule has 0 heterocycles. The molecule has 1 N–H and O–H groups in total. The quantitative estimate of drug-likeness (QED) is 0.618. The molecule has 0 radical (unpaired) electrons. The average Bonchev–Trinajstić information content (AvgIpc) is 2.50. The summed E-state index contributed by atoms with van der Waals surface area (Å²) in [7, 11) is 2.67. The summed E-state index contributed by atoms with van der Waals surface area (Å²) in [5.41, 5.74) is 3.91. The maximum Gasteiger partial charge on any atom is 0.129 e. The molecular formula is C21H32ClNOSi. The Bertz CT molecular complexity index is 626. The fourth-order valence-electron chi connectivity index (χ4n) is 3.61. The molecule has 1 saturated carbocycles. The van der Waals surface area contributed by atoms with Crippen LogP contribution in [0.15, 0.2) is 24.3 Å². The molecule has 0 aliphatic heterocycles. The van der Waals surface area contributed by atoms with Crippen molar-refractivity contribution in [2.75, 3.05) is 20.6 Å². The van der Waals surface area contributed by atoms with Crippen LogP contribution in [0.3, 0.4) is 0 Å². The van der Waals surface area contributed by atoms with Gasteiger partial charge in [0.05, 0.1) is 0 Å².